The van der Waals surface area contributed by atoms with Crippen LogP contribution in [0.15, 0.2) is 42.5 Å². The van der Waals surface area contributed by atoms with E-state index in [4.69, 9.17) is 4.74 Å². The Hall–Kier alpha value is -2.77. The van der Waals surface area contributed by atoms with Crippen molar-refractivity contribution in [3.63, 3.8) is 0 Å². The Morgan fingerprint density at radius 3 is 2.77 bits per heavy atom. The van der Waals surface area contributed by atoms with Crippen molar-refractivity contribution >= 4 is 33.9 Å². The highest BCUT2D eigenvalue weighted by Gasteiger charge is 2.32. The predicted octanol–water partition coefficient (Wildman–Crippen LogP) is 2.56. The van der Waals surface area contributed by atoms with Crippen LogP contribution in [0.5, 0.6) is 0 Å². The third kappa shape index (κ3) is 4.62. The Labute approximate surface area is 183 Å². The van der Waals surface area contributed by atoms with E-state index in [1.54, 1.807) is 6.26 Å². The Morgan fingerprint density at radius 2 is 2.00 bits per heavy atom. The highest BCUT2D eigenvalue weighted by Crippen LogP contribution is 2.40. The number of Topliss-reactive ketones (excluding diaryl/α,β-unsaturated/α-hetero) is 1. The summed E-state index contributed by atoms with van der Waals surface area (Å²) in [6.07, 6.45) is 2.99. The number of hydrogen-bond donors (Lipinski definition) is 2. The third-order valence-corrected chi connectivity index (χ3v) is 6.54. The molecular formula is C24H25NO5S. The van der Waals surface area contributed by atoms with E-state index in [0.29, 0.717) is 49.5 Å². The fourth-order valence-electron chi connectivity index (χ4n) is 4.14. The lowest BCUT2D eigenvalue weighted by Gasteiger charge is -2.14. The predicted molar refractivity (Wildman–Crippen MR) is 120 cm³/mol. The summed E-state index contributed by atoms with van der Waals surface area (Å²) in [5.41, 5.74) is 5.72. The van der Waals surface area contributed by atoms with Crippen molar-refractivity contribution in [1.29, 1.82) is 0 Å². The molecule has 31 heavy (non-hydrogen) atoms. The first-order chi connectivity index (χ1) is 14.9. The van der Waals surface area contributed by atoms with Crippen LogP contribution in [0.4, 0.5) is 0 Å². The van der Waals surface area contributed by atoms with Crippen LogP contribution in [0.3, 0.4) is 0 Å². The van der Waals surface area contributed by atoms with Crippen molar-refractivity contribution < 1.29 is 23.6 Å². The lowest BCUT2D eigenvalue weighted by atomic mass is 9.98. The fourth-order valence-corrected chi connectivity index (χ4v) is 4.71. The van der Waals surface area contributed by atoms with Crippen molar-refractivity contribution in [2.24, 2.45) is 0 Å². The molecule has 1 aliphatic heterocycles. The summed E-state index contributed by atoms with van der Waals surface area (Å²) in [7, 11) is -1.01. The van der Waals surface area contributed by atoms with Crippen molar-refractivity contribution in [1.82, 2.24) is 5.32 Å². The molecule has 6 nitrogen and oxygen atoms in total. The van der Waals surface area contributed by atoms with Gasteiger partial charge in [-0.25, -0.2) is 0 Å². The monoisotopic (exact) mass is 439 g/mol. The van der Waals surface area contributed by atoms with E-state index < -0.39 is 22.8 Å². The molecule has 0 saturated heterocycles. The summed E-state index contributed by atoms with van der Waals surface area (Å²) in [4.78, 5) is 24.0. The minimum atomic E-state index is -1.01. The molecule has 4 rings (SSSR count). The van der Waals surface area contributed by atoms with E-state index in [0.717, 1.165) is 27.8 Å². The third-order valence-electron chi connectivity index (χ3n) is 5.73. The summed E-state index contributed by atoms with van der Waals surface area (Å²) in [6.45, 7) is 0.928. The number of carboxylic acids is 1. The SMILES string of the molecule is CS(=O)CCC(NCCc1ccc2c(c1)CO/C2=C1/C(=O)Cc2ccccc21)C(=O)O. The quantitative estimate of drug-likeness (QED) is 0.614. The molecule has 0 saturated carbocycles. The lowest BCUT2D eigenvalue weighted by molar-refractivity contribution is -0.139. The molecule has 0 amide bonds. The number of aliphatic carboxylic acids is 1. The lowest BCUT2D eigenvalue weighted by Crippen LogP contribution is -2.38. The summed E-state index contributed by atoms with van der Waals surface area (Å²) >= 11 is 0. The first-order valence-electron chi connectivity index (χ1n) is 10.3. The van der Waals surface area contributed by atoms with Crippen LogP contribution in [-0.4, -0.2) is 45.7 Å². The Morgan fingerprint density at radius 1 is 1.19 bits per heavy atom. The van der Waals surface area contributed by atoms with Gasteiger partial charge in [-0.2, -0.15) is 0 Å². The van der Waals surface area contributed by atoms with Crippen LogP contribution in [0.25, 0.3) is 11.3 Å². The van der Waals surface area contributed by atoms with Crippen molar-refractivity contribution in [2.45, 2.75) is 31.9 Å². The van der Waals surface area contributed by atoms with Crippen LogP contribution in [-0.2, 0) is 44.6 Å². The second-order valence-corrected chi connectivity index (χ2v) is 9.46. The fraction of sp³-hybridized carbons (Fsp3) is 0.333. The van der Waals surface area contributed by atoms with Gasteiger partial charge in [0.2, 0.25) is 0 Å². The second-order valence-electron chi connectivity index (χ2n) is 7.90. The van der Waals surface area contributed by atoms with Crippen LogP contribution in [0.1, 0.15) is 34.2 Å². The van der Waals surface area contributed by atoms with E-state index in [-0.39, 0.29) is 5.78 Å². The van der Waals surface area contributed by atoms with E-state index in [2.05, 4.69) is 11.4 Å². The molecule has 1 heterocycles. The zero-order valence-electron chi connectivity index (χ0n) is 17.3. The normalized spacial score (nSPS) is 18.9. The molecule has 2 aliphatic rings. The van der Waals surface area contributed by atoms with E-state index in [1.807, 2.05) is 36.4 Å². The van der Waals surface area contributed by atoms with E-state index in [9.17, 15) is 18.9 Å². The van der Waals surface area contributed by atoms with Gasteiger partial charge in [0.1, 0.15) is 18.4 Å². The Bertz CT molecular complexity index is 1090. The molecule has 0 bridgehead atoms. The molecular weight excluding hydrogens is 414 g/mol. The number of rotatable bonds is 8. The molecule has 2 N–H and O–H groups in total. The number of ether oxygens (including phenoxy) is 1. The summed E-state index contributed by atoms with van der Waals surface area (Å²) in [6, 6.07) is 13.2. The van der Waals surface area contributed by atoms with Crippen LogP contribution in [0, 0.1) is 0 Å². The maximum atomic E-state index is 12.6. The number of allylic oxidation sites excluding steroid dienone is 1. The van der Waals surface area contributed by atoms with Crippen molar-refractivity contribution in [3.8, 4) is 0 Å². The maximum absolute atomic E-state index is 12.6. The molecule has 0 aromatic heterocycles. The molecule has 0 radical (unpaired) electrons. The highest BCUT2D eigenvalue weighted by atomic mass is 32.2. The van der Waals surface area contributed by atoms with Crippen molar-refractivity contribution in [2.75, 3.05) is 18.6 Å². The molecule has 2 atom stereocenters. The largest absolute Gasteiger partial charge is 0.487 e. The number of ketones is 1. The van der Waals surface area contributed by atoms with Gasteiger partial charge in [0.15, 0.2) is 5.78 Å². The molecule has 0 spiro atoms. The topological polar surface area (TPSA) is 92.7 Å². The van der Waals surface area contributed by atoms with E-state index in [1.165, 1.54) is 0 Å². The van der Waals surface area contributed by atoms with Crippen LogP contribution < -0.4 is 5.32 Å². The van der Waals surface area contributed by atoms with Gasteiger partial charge in [-0.15, -0.1) is 0 Å². The number of nitrogens with one attached hydrogen (secondary N) is 1. The van der Waals surface area contributed by atoms with Gasteiger partial charge in [0.05, 0.1) is 5.57 Å². The van der Waals surface area contributed by atoms with Crippen molar-refractivity contribution in [3.05, 3.63) is 70.3 Å². The van der Waals surface area contributed by atoms with E-state index >= 15 is 0 Å². The first kappa shape index (κ1) is 21.5. The summed E-state index contributed by atoms with van der Waals surface area (Å²) in [5, 5.41) is 12.4. The molecule has 0 fully saturated rings. The molecule has 2 unspecified atom stereocenters. The smallest absolute Gasteiger partial charge is 0.320 e. The molecule has 2 aromatic rings. The van der Waals surface area contributed by atoms with Gasteiger partial charge in [-0.1, -0.05) is 42.5 Å². The number of fused-ring (bicyclic) bond motifs is 2. The molecule has 1 aliphatic carbocycles. The molecule has 7 heteroatoms. The zero-order valence-corrected chi connectivity index (χ0v) is 18.2. The van der Waals surface area contributed by atoms with Gasteiger partial charge in [-0.3, -0.25) is 13.8 Å². The van der Waals surface area contributed by atoms with Gasteiger partial charge >= 0.3 is 5.97 Å². The number of carbonyl (C=O) groups is 2. The minimum absolute atomic E-state index is 0.0880. The average Bonchev–Trinajstić information content (AvgIpc) is 3.29. The second kappa shape index (κ2) is 9.16. The summed E-state index contributed by atoms with van der Waals surface area (Å²) < 4.78 is 17.2. The number of carbonyl (C=O) groups excluding carboxylic acids is 1. The zero-order chi connectivity index (χ0) is 22.0. The summed E-state index contributed by atoms with van der Waals surface area (Å²) in [5.74, 6) is 0.183. The van der Waals surface area contributed by atoms with Gasteiger partial charge < -0.3 is 15.2 Å². The number of benzene rings is 2. The van der Waals surface area contributed by atoms with Crippen LogP contribution >= 0.6 is 0 Å². The number of carboxylic acid groups (broad SMARTS) is 1. The molecule has 2 aromatic carbocycles. The standard InChI is InChI=1S/C24H25NO5S/c1-31(29)11-9-20(24(27)28)25-10-8-15-6-7-19-17(12-15)14-30-23(19)22-18-5-3-2-4-16(18)13-21(22)26/h2-7,12,20,25H,8-11,13-14H2,1H3,(H,27,28)/b23-22+. The van der Waals surface area contributed by atoms with Crippen LogP contribution in [0.2, 0.25) is 0 Å². The van der Waals surface area contributed by atoms with Gasteiger partial charge in [0, 0.05) is 40.4 Å². The highest BCUT2D eigenvalue weighted by molar-refractivity contribution is 7.84. The Balaban J connectivity index is 1.47. The van der Waals surface area contributed by atoms with Gasteiger partial charge in [-0.05, 0) is 36.1 Å². The Kier molecular flexibility index (Phi) is 6.34. The average molecular weight is 440 g/mol. The minimum Gasteiger partial charge on any atom is -0.487 e. The first-order valence-corrected chi connectivity index (χ1v) is 12.0. The van der Waals surface area contributed by atoms with Gasteiger partial charge in [0.25, 0.3) is 0 Å². The molecule has 162 valence electrons. The number of hydrogen-bond acceptors (Lipinski definition) is 5. The maximum Gasteiger partial charge on any atom is 0.320 e.